The first-order valence-electron chi connectivity index (χ1n) is 14.4. The predicted octanol–water partition coefficient (Wildman–Crippen LogP) is 3.79. The van der Waals surface area contributed by atoms with E-state index in [0.717, 1.165) is 24.0 Å². The largest absolute Gasteiger partial charge is 0.468 e. The average molecular weight is 691 g/mol. The SMILES string of the molecule is COC(=O)CS(=O)(=O)N1CCC(OCc2ccccc2)CC1.COC(=O)Cl.CS(=O)(=O)N1CCC(OCc2ccccc2)CC1. The molecule has 0 aromatic heterocycles. The lowest BCUT2D eigenvalue weighted by Crippen LogP contribution is -2.43. The van der Waals surface area contributed by atoms with Gasteiger partial charge in [0.15, 0.2) is 5.75 Å². The Labute approximate surface area is 271 Å². The van der Waals surface area contributed by atoms with E-state index in [1.165, 1.54) is 29.1 Å². The maximum Gasteiger partial charge on any atom is 0.403 e. The van der Waals surface area contributed by atoms with E-state index in [2.05, 4.69) is 21.1 Å². The summed E-state index contributed by atoms with van der Waals surface area (Å²) in [5.41, 5.74) is 1.48. The summed E-state index contributed by atoms with van der Waals surface area (Å²) in [6.45, 7) is 3.01. The Hall–Kier alpha value is -2.59. The molecule has 12 nitrogen and oxygen atoms in total. The standard InChI is InChI=1S/C15H21NO5S.C13H19NO3S.C2H3ClO2/c1-20-15(17)12-22(18,19)16-9-7-14(8-10-16)21-11-13-5-3-2-4-6-13;1-18(15,16)14-9-7-13(8-10-14)17-11-12-5-3-2-4-6-12;1-5-2(3)4/h2-6,14H,7-12H2,1H3;2-6,13H,7-11H2,1H3;1H3. The van der Waals surface area contributed by atoms with Crippen LogP contribution in [0.5, 0.6) is 0 Å². The summed E-state index contributed by atoms with van der Waals surface area (Å²) in [6.07, 6.45) is 4.30. The highest BCUT2D eigenvalue weighted by Crippen LogP contribution is 2.19. The van der Waals surface area contributed by atoms with Crippen LogP contribution in [0.4, 0.5) is 4.79 Å². The van der Waals surface area contributed by atoms with Gasteiger partial charge in [0, 0.05) is 37.8 Å². The Morgan fingerprint density at radius 1 is 0.711 bits per heavy atom. The minimum Gasteiger partial charge on any atom is -0.468 e. The van der Waals surface area contributed by atoms with Crippen molar-refractivity contribution in [3.05, 3.63) is 71.8 Å². The fourth-order valence-electron chi connectivity index (χ4n) is 4.48. The van der Waals surface area contributed by atoms with Crippen molar-refractivity contribution in [2.75, 3.05) is 52.4 Å². The molecule has 0 atom stereocenters. The number of esters is 1. The minimum atomic E-state index is -3.58. The van der Waals surface area contributed by atoms with Gasteiger partial charge in [-0.05, 0) is 36.8 Å². The summed E-state index contributed by atoms with van der Waals surface area (Å²) in [7, 11) is -4.22. The number of benzene rings is 2. The van der Waals surface area contributed by atoms with E-state index < -0.39 is 37.2 Å². The van der Waals surface area contributed by atoms with E-state index in [4.69, 9.17) is 9.47 Å². The minimum absolute atomic E-state index is 0.0461. The van der Waals surface area contributed by atoms with Gasteiger partial charge in [0.2, 0.25) is 20.0 Å². The van der Waals surface area contributed by atoms with E-state index >= 15 is 0 Å². The lowest BCUT2D eigenvalue weighted by molar-refractivity contribution is -0.137. The van der Waals surface area contributed by atoms with Gasteiger partial charge in [-0.3, -0.25) is 4.79 Å². The highest BCUT2D eigenvalue weighted by molar-refractivity contribution is 7.89. The summed E-state index contributed by atoms with van der Waals surface area (Å²) in [5, 5.41) is 0. The topological polar surface area (TPSA) is 146 Å². The molecule has 2 heterocycles. The number of nitrogens with zero attached hydrogens (tertiary/aromatic N) is 2. The molecule has 2 saturated heterocycles. The molecule has 15 heteroatoms. The summed E-state index contributed by atoms with van der Waals surface area (Å²) in [6, 6.07) is 19.9. The van der Waals surface area contributed by atoms with Gasteiger partial charge in [-0.1, -0.05) is 60.7 Å². The number of hydrogen-bond donors (Lipinski definition) is 0. The third-order valence-corrected chi connectivity index (χ3v) is 10.2. The molecule has 2 aromatic rings. The van der Waals surface area contributed by atoms with Crippen LogP contribution in [0, 0.1) is 0 Å². The second-order valence-electron chi connectivity index (χ2n) is 10.3. The second kappa shape index (κ2) is 19.8. The number of carbonyl (C=O) groups excluding carboxylic acids is 2. The van der Waals surface area contributed by atoms with Gasteiger partial charge in [0.05, 0.1) is 45.9 Å². The molecule has 0 aliphatic carbocycles. The van der Waals surface area contributed by atoms with Crippen molar-refractivity contribution >= 4 is 43.0 Å². The first kappa shape index (κ1) is 38.6. The molecule has 2 aliphatic rings. The summed E-state index contributed by atoms with van der Waals surface area (Å²) in [4.78, 5) is 20.5. The lowest BCUT2D eigenvalue weighted by atomic mass is 10.1. The molecule has 0 radical (unpaired) electrons. The maximum absolute atomic E-state index is 12.0. The van der Waals surface area contributed by atoms with E-state index in [1.54, 1.807) is 0 Å². The molecule has 0 saturated carbocycles. The van der Waals surface area contributed by atoms with E-state index in [9.17, 15) is 26.4 Å². The normalized spacial score (nSPS) is 16.8. The number of sulfonamides is 2. The van der Waals surface area contributed by atoms with Gasteiger partial charge < -0.3 is 18.9 Å². The Morgan fingerprint density at radius 2 is 1.09 bits per heavy atom. The van der Waals surface area contributed by atoms with Crippen molar-refractivity contribution < 1.29 is 45.4 Å². The van der Waals surface area contributed by atoms with Gasteiger partial charge in [-0.15, -0.1) is 0 Å². The molecule has 0 bridgehead atoms. The van der Waals surface area contributed by atoms with Crippen LogP contribution in [0.1, 0.15) is 36.8 Å². The first-order chi connectivity index (χ1) is 21.3. The summed E-state index contributed by atoms with van der Waals surface area (Å²) >= 11 is 4.60. The van der Waals surface area contributed by atoms with Crippen LogP contribution in [0.2, 0.25) is 0 Å². The van der Waals surface area contributed by atoms with Gasteiger partial charge >= 0.3 is 11.4 Å². The second-order valence-corrected chi connectivity index (χ2v) is 14.6. The van der Waals surface area contributed by atoms with Gasteiger partial charge in [0.1, 0.15) is 0 Å². The molecule has 45 heavy (non-hydrogen) atoms. The number of carbonyl (C=O) groups is 2. The molecule has 0 spiro atoms. The van der Waals surface area contributed by atoms with Gasteiger partial charge in [0.25, 0.3) is 0 Å². The highest BCUT2D eigenvalue weighted by Gasteiger charge is 2.30. The van der Waals surface area contributed by atoms with E-state index in [0.29, 0.717) is 52.2 Å². The molecule has 0 N–H and O–H groups in total. The Bertz CT molecular complexity index is 1360. The van der Waals surface area contributed by atoms with E-state index in [-0.39, 0.29) is 12.2 Å². The molecular formula is C30H43ClN2O10S2. The first-order valence-corrected chi connectivity index (χ1v) is 18.2. The van der Waals surface area contributed by atoms with Crippen LogP contribution in [-0.2, 0) is 57.0 Å². The average Bonchev–Trinajstić information content (AvgIpc) is 3.04. The zero-order chi connectivity index (χ0) is 33.3. The van der Waals surface area contributed by atoms with Crippen LogP contribution in [0.3, 0.4) is 0 Å². The number of piperidine rings is 2. The number of hydrogen-bond acceptors (Lipinski definition) is 10. The highest BCUT2D eigenvalue weighted by atomic mass is 35.5. The molecule has 2 aromatic carbocycles. The predicted molar refractivity (Wildman–Crippen MR) is 171 cm³/mol. The van der Waals surface area contributed by atoms with Crippen molar-refractivity contribution in [1.29, 1.82) is 0 Å². The molecule has 2 fully saturated rings. The quantitative estimate of drug-likeness (QED) is 0.267. The number of halogens is 1. The van der Waals surface area contributed by atoms with Gasteiger partial charge in [-0.25, -0.2) is 30.2 Å². The fourth-order valence-corrected chi connectivity index (χ4v) is 6.72. The smallest absolute Gasteiger partial charge is 0.403 e. The van der Waals surface area contributed by atoms with Crippen molar-refractivity contribution in [3.63, 3.8) is 0 Å². The van der Waals surface area contributed by atoms with E-state index in [1.807, 2.05) is 60.7 Å². The number of ether oxygens (including phenoxy) is 4. The molecular weight excluding hydrogens is 648 g/mol. The zero-order valence-corrected chi connectivity index (χ0v) is 28.3. The molecule has 0 unspecified atom stereocenters. The zero-order valence-electron chi connectivity index (χ0n) is 25.9. The Balaban J connectivity index is 0.000000277. The summed E-state index contributed by atoms with van der Waals surface area (Å²) in [5.74, 6) is -1.33. The summed E-state index contributed by atoms with van der Waals surface area (Å²) < 4.78 is 69.5. The Morgan fingerprint density at radius 3 is 1.42 bits per heavy atom. The van der Waals surface area contributed by atoms with Crippen molar-refractivity contribution in [1.82, 2.24) is 8.61 Å². The van der Waals surface area contributed by atoms with Crippen LogP contribution in [0.25, 0.3) is 0 Å². The molecule has 2 aliphatic heterocycles. The fraction of sp³-hybridized carbons (Fsp3) is 0.533. The maximum atomic E-state index is 12.0. The van der Waals surface area contributed by atoms with Crippen molar-refractivity contribution in [2.24, 2.45) is 0 Å². The number of rotatable bonds is 10. The monoisotopic (exact) mass is 690 g/mol. The van der Waals surface area contributed by atoms with Crippen LogP contribution >= 0.6 is 11.6 Å². The molecule has 4 rings (SSSR count). The van der Waals surface area contributed by atoms with Crippen LogP contribution in [-0.4, -0.2) is 101 Å². The third kappa shape index (κ3) is 15.5. The van der Waals surface area contributed by atoms with Crippen LogP contribution in [0.15, 0.2) is 60.7 Å². The van der Waals surface area contributed by atoms with Crippen molar-refractivity contribution in [3.8, 4) is 0 Å². The van der Waals surface area contributed by atoms with Crippen LogP contribution < -0.4 is 0 Å². The molecule has 252 valence electrons. The lowest BCUT2D eigenvalue weighted by Gasteiger charge is -2.30. The molecule has 0 amide bonds. The van der Waals surface area contributed by atoms with Crippen molar-refractivity contribution in [2.45, 2.75) is 51.1 Å². The Kier molecular flexibility index (Phi) is 17.0. The third-order valence-electron chi connectivity index (χ3n) is 7.01. The number of methoxy groups -OCH3 is 2. The van der Waals surface area contributed by atoms with Gasteiger partial charge in [-0.2, -0.15) is 0 Å².